The van der Waals surface area contributed by atoms with Gasteiger partial charge < -0.3 is 5.11 Å². The number of non-ortho nitro benzene ring substituents is 1. The zero-order valence-electron chi connectivity index (χ0n) is 16.9. The smallest absolute Gasteiger partial charge is 0.270 e. The molecule has 0 spiro atoms. The summed E-state index contributed by atoms with van der Waals surface area (Å²) in [6.07, 6.45) is 0. The zero-order chi connectivity index (χ0) is 22.3. The van der Waals surface area contributed by atoms with Gasteiger partial charge in [0.1, 0.15) is 28.9 Å². The molecule has 0 aromatic heterocycles. The number of nitro groups is 1. The number of rotatable bonds is 4. The third kappa shape index (κ3) is 5.38. The molecule has 0 radical (unpaired) electrons. The first-order valence-electron chi connectivity index (χ1n) is 9.59. The van der Waals surface area contributed by atoms with Gasteiger partial charge in [0.15, 0.2) is 0 Å². The van der Waals surface area contributed by atoms with Gasteiger partial charge in [0.2, 0.25) is 0 Å². The molecule has 0 aliphatic rings. The highest BCUT2D eigenvalue weighted by molar-refractivity contribution is 9.10. The van der Waals surface area contributed by atoms with Crippen LogP contribution in [0.4, 0.5) is 5.69 Å². The van der Waals surface area contributed by atoms with Crippen LogP contribution < -0.4 is 15.9 Å². The molecule has 0 saturated carbocycles. The topological polar surface area (TPSA) is 63.4 Å². The summed E-state index contributed by atoms with van der Waals surface area (Å²) in [4.78, 5) is 9.64. The first kappa shape index (κ1) is 22.7. The molecule has 6 heteroatoms. The molecule has 4 rings (SSSR count). The Hall–Kier alpha value is -3.01. The summed E-state index contributed by atoms with van der Waals surface area (Å²) in [6.45, 7) is 2.41. The number of nitro benzene ring substituents is 1. The van der Waals surface area contributed by atoms with Crippen molar-refractivity contribution in [1.29, 1.82) is 0 Å². The normalized spacial score (nSPS) is 10.6. The van der Waals surface area contributed by atoms with Crippen LogP contribution in [-0.4, -0.2) is 16.7 Å². The average molecular weight is 495 g/mol. The van der Waals surface area contributed by atoms with E-state index in [-0.39, 0.29) is 11.4 Å². The van der Waals surface area contributed by atoms with Crippen molar-refractivity contribution >= 4 is 44.8 Å². The fraction of sp³-hybridized carbons (Fsp3) is 0.0400. The Kier molecular flexibility index (Phi) is 7.56. The molecule has 0 aliphatic heterocycles. The lowest BCUT2D eigenvalue weighted by Crippen LogP contribution is -2.30. The van der Waals surface area contributed by atoms with Gasteiger partial charge in [-0.3, -0.25) is 10.1 Å². The molecule has 0 aliphatic carbocycles. The van der Waals surface area contributed by atoms with Crippen LogP contribution in [0, 0.1) is 10.1 Å². The first-order valence-corrected chi connectivity index (χ1v) is 12.6. The molecule has 4 aromatic carbocycles. The summed E-state index contributed by atoms with van der Waals surface area (Å²) in [5.74, 6) is -0.00407. The van der Waals surface area contributed by atoms with Crippen molar-refractivity contribution in [2.75, 3.05) is 6.66 Å². The van der Waals surface area contributed by atoms with E-state index in [1.165, 1.54) is 34.1 Å². The molecule has 4 nitrogen and oxygen atoms in total. The summed E-state index contributed by atoms with van der Waals surface area (Å²) in [5.41, 5.74) is -0.0466. The van der Waals surface area contributed by atoms with Crippen molar-refractivity contribution in [3.8, 4) is 5.75 Å². The van der Waals surface area contributed by atoms with E-state index in [2.05, 4.69) is 114 Å². The molecule has 0 heterocycles. The molecule has 0 fully saturated rings. The first-order chi connectivity index (χ1) is 14.9. The van der Waals surface area contributed by atoms with Gasteiger partial charge in [-0.25, -0.2) is 0 Å². The lowest BCUT2D eigenvalue weighted by Gasteiger charge is -2.22. The van der Waals surface area contributed by atoms with E-state index >= 15 is 0 Å². The van der Waals surface area contributed by atoms with Gasteiger partial charge in [0, 0.05) is 12.1 Å². The third-order valence-corrected chi connectivity index (χ3v) is 9.59. The Morgan fingerprint density at radius 2 is 1.13 bits per heavy atom. The summed E-state index contributed by atoms with van der Waals surface area (Å²) in [5, 5.41) is 23.4. The molecule has 0 bridgehead atoms. The van der Waals surface area contributed by atoms with Crippen LogP contribution in [0.25, 0.3) is 0 Å². The van der Waals surface area contributed by atoms with E-state index in [1.807, 2.05) is 0 Å². The van der Waals surface area contributed by atoms with Crippen molar-refractivity contribution in [1.82, 2.24) is 0 Å². The Morgan fingerprint density at radius 1 is 0.742 bits per heavy atom. The highest BCUT2D eigenvalue weighted by Gasteiger charge is 2.39. The fourth-order valence-electron chi connectivity index (χ4n) is 3.24. The van der Waals surface area contributed by atoms with Crippen molar-refractivity contribution in [2.45, 2.75) is 0 Å². The van der Waals surface area contributed by atoms with Crippen LogP contribution in [0.15, 0.2) is 114 Å². The number of phenolic OH excluding ortho intramolecular Hbond substituents is 1. The number of phenols is 1. The molecule has 0 saturated heterocycles. The minimum atomic E-state index is -1.53. The number of aromatic hydroxyl groups is 1. The zero-order valence-corrected chi connectivity index (χ0v) is 19.4. The molecule has 0 amide bonds. The Balaban J connectivity index is 0.000000210. The van der Waals surface area contributed by atoms with Crippen LogP contribution in [0.1, 0.15) is 0 Å². The third-order valence-electron chi connectivity index (χ3n) is 4.96. The van der Waals surface area contributed by atoms with Crippen molar-refractivity contribution in [2.24, 2.45) is 0 Å². The van der Waals surface area contributed by atoms with E-state index < -0.39 is 12.2 Å². The molecular formula is C25H22BrNO3P+. The largest absolute Gasteiger partial charge is 0.507 e. The van der Waals surface area contributed by atoms with Crippen molar-refractivity contribution in [3.63, 3.8) is 0 Å². The van der Waals surface area contributed by atoms with Crippen LogP contribution in [0.3, 0.4) is 0 Å². The van der Waals surface area contributed by atoms with Gasteiger partial charge in [0.05, 0.1) is 16.1 Å². The molecule has 0 atom stereocenters. The van der Waals surface area contributed by atoms with E-state index in [9.17, 15) is 10.1 Å². The second kappa shape index (κ2) is 10.3. The summed E-state index contributed by atoms with van der Waals surface area (Å²) < 4.78 is 0.326. The van der Waals surface area contributed by atoms with E-state index in [4.69, 9.17) is 5.11 Å². The van der Waals surface area contributed by atoms with Crippen LogP contribution in [0.5, 0.6) is 5.75 Å². The lowest BCUT2D eigenvalue weighted by molar-refractivity contribution is -0.385. The van der Waals surface area contributed by atoms with Gasteiger partial charge in [-0.2, -0.15) is 0 Å². The van der Waals surface area contributed by atoms with E-state index in [1.54, 1.807) is 0 Å². The van der Waals surface area contributed by atoms with E-state index in [0.717, 1.165) is 0 Å². The predicted molar refractivity (Wildman–Crippen MR) is 134 cm³/mol. The molecule has 156 valence electrons. The maximum atomic E-state index is 10.2. The van der Waals surface area contributed by atoms with Gasteiger partial charge >= 0.3 is 0 Å². The SMILES string of the molecule is C[P+](c1ccccc1)(c1ccccc1)c1ccccc1.O=[N+]([O-])c1ccc(O)c(Br)c1. The number of benzene rings is 4. The van der Waals surface area contributed by atoms with Crippen LogP contribution in [0.2, 0.25) is 0 Å². The van der Waals surface area contributed by atoms with Gasteiger partial charge in [-0.05, 0) is 58.4 Å². The number of hydrogen-bond donors (Lipinski definition) is 1. The predicted octanol–water partition coefficient (Wildman–Crippen LogP) is 5.67. The van der Waals surface area contributed by atoms with Crippen molar-refractivity contribution < 1.29 is 10.0 Å². The monoisotopic (exact) mass is 494 g/mol. The molecule has 31 heavy (non-hydrogen) atoms. The van der Waals surface area contributed by atoms with Gasteiger partial charge in [-0.1, -0.05) is 54.6 Å². The van der Waals surface area contributed by atoms with Crippen LogP contribution in [-0.2, 0) is 0 Å². The summed E-state index contributed by atoms with van der Waals surface area (Å²) in [6, 6.07) is 36.4. The maximum absolute atomic E-state index is 10.2. The summed E-state index contributed by atoms with van der Waals surface area (Å²) in [7, 11) is -1.53. The van der Waals surface area contributed by atoms with Crippen molar-refractivity contribution in [3.05, 3.63) is 124 Å². The highest BCUT2D eigenvalue weighted by Crippen LogP contribution is 2.51. The standard InChI is InChI=1S/C19H18P.C6H4BrNO3/c1-20(17-11-5-2-6-12-17,18-13-7-3-8-14-18)19-15-9-4-10-16-19;7-5-3-4(8(10)11)1-2-6(5)9/h2-16H,1H3;1-3,9H/q+1;. The number of hydrogen-bond acceptors (Lipinski definition) is 3. The fourth-order valence-corrected chi connectivity index (χ4v) is 6.80. The maximum Gasteiger partial charge on any atom is 0.270 e. The number of nitrogens with zero attached hydrogens (tertiary/aromatic N) is 1. The van der Waals surface area contributed by atoms with Crippen LogP contribution >= 0.6 is 23.2 Å². The Bertz CT molecular complexity index is 1040. The van der Waals surface area contributed by atoms with E-state index in [0.29, 0.717) is 4.47 Å². The minimum absolute atomic E-state index is 0.00407. The second-order valence-electron chi connectivity index (χ2n) is 6.91. The Morgan fingerprint density at radius 3 is 1.45 bits per heavy atom. The quantitative estimate of drug-likeness (QED) is 0.225. The molecule has 1 N–H and O–H groups in total. The minimum Gasteiger partial charge on any atom is -0.507 e. The lowest BCUT2D eigenvalue weighted by atomic mass is 10.3. The van der Waals surface area contributed by atoms with Gasteiger partial charge in [-0.15, -0.1) is 0 Å². The molecule has 0 unspecified atom stereocenters. The highest BCUT2D eigenvalue weighted by atomic mass is 79.9. The van der Waals surface area contributed by atoms with Gasteiger partial charge in [0.25, 0.3) is 5.69 Å². The average Bonchev–Trinajstić information content (AvgIpc) is 2.82. The number of halogens is 1. The second-order valence-corrected chi connectivity index (χ2v) is 11.3. The summed E-state index contributed by atoms with van der Waals surface area (Å²) >= 11 is 2.96. The Labute approximate surface area is 190 Å². The molecular weight excluding hydrogens is 473 g/mol. The molecule has 4 aromatic rings.